The topological polar surface area (TPSA) is 128 Å². The number of benzene rings is 2. The summed E-state index contributed by atoms with van der Waals surface area (Å²) in [4.78, 5) is 27.3. The van der Waals surface area contributed by atoms with Crippen LogP contribution in [-0.2, 0) is 6.61 Å². The lowest BCUT2D eigenvalue weighted by Gasteiger charge is -2.13. The highest BCUT2D eigenvalue weighted by Gasteiger charge is 2.21. The Morgan fingerprint density at radius 3 is 2.61 bits per heavy atom. The van der Waals surface area contributed by atoms with Gasteiger partial charge in [-0.25, -0.2) is 0 Å². The molecule has 0 saturated carbocycles. The smallest absolute Gasteiger partial charge is 0.395 e. The molecule has 2 aromatic carbocycles. The lowest BCUT2D eigenvalue weighted by molar-refractivity contribution is -0.387. The first-order valence-corrected chi connectivity index (χ1v) is 9.86. The summed E-state index contributed by atoms with van der Waals surface area (Å²) in [7, 11) is 1.50. The Bertz CT molecular complexity index is 1210. The van der Waals surface area contributed by atoms with Gasteiger partial charge in [-0.05, 0) is 57.4 Å². The molecule has 31 heavy (non-hydrogen) atoms. The SMILES string of the molecule is COc1cc(C=Cc2nc(O)c([N+](=O)[O-])c(=O)[nH]2)cc(Br)c1OCc1ccc(Cl)cc1. The number of aromatic amines is 1. The predicted molar refractivity (Wildman–Crippen MR) is 119 cm³/mol. The van der Waals surface area contributed by atoms with Crippen LogP contribution in [0, 0.1) is 10.1 Å². The highest BCUT2D eigenvalue weighted by molar-refractivity contribution is 9.10. The van der Waals surface area contributed by atoms with Gasteiger partial charge in [0.25, 0.3) is 5.88 Å². The van der Waals surface area contributed by atoms with Crippen molar-refractivity contribution in [2.75, 3.05) is 7.11 Å². The van der Waals surface area contributed by atoms with Gasteiger partial charge in [-0.1, -0.05) is 29.8 Å². The molecular formula is C20H15BrClN3O6. The van der Waals surface area contributed by atoms with Crippen LogP contribution in [0.1, 0.15) is 17.0 Å². The Labute approximate surface area is 189 Å². The lowest BCUT2D eigenvalue weighted by atomic mass is 10.2. The maximum Gasteiger partial charge on any atom is 0.395 e. The van der Waals surface area contributed by atoms with Crippen molar-refractivity contribution in [3.05, 3.63) is 83.3 Å². The molecule has 0 aliphatic carbocycles. The van der Waals surface area contributed by atoms with E-state index in [0.29, 0.717) is 33.2 Å². The zero-order valence-electron chi connectivity index (χ0n) is 16.0. The molecule has 160 valence electrons. The molecule has 1 aromatic heterocycles. The normalized spacial score (nSPS) is 10.9. The molecule has 3 rings (SSSR count). The number of hydrogen-bond donors (Lipinski definition) is 2. The predicted octanol–water partition coefficient (Wildman–Crippen LogP) is 4.56. The fourth-order valence-corrected chi connectivity index (χ4v) is 3.30. The van der Waals surface area contributed by atoms with Crippen LogP contribution in [0.15, 0.2) is 45.7 Å². The first-order valence-electron chi connectivity index (χ1n) is 8.69. The molecule has 2 N–H and O–H groups in total. The van der Waals surface area contributed by atoms with Gasteiger partial charge in [-0.15, -0.1) is 0 Å². The minimum absolute atomic E-state index is 0.0498. The molecule has 0 amide bonds. The van der Waals surface area contributed by atoms with Crippen LogP contribution in [0.5, 0.6) is 17.4 Å². The van der Waals surface area contributed by atoms with Crippen molar-refractivity contribution in [1.29, 1.82) is 0 Å². The molecule has 3 aromatic rings. The minimum atomic E-state index is -1.05. The van der Waals surface area contributed by atoms with Crippen molar-refractivity contribution in [2.45, 2.75) is 6.61 Å². The fraction of sp³-hybridized carbons (Fsp3) is 0.100. The second-order valence-corrected chi connectivity index (χ2v) is 7.45. The number of aromatic hydroxyl groups is 1. The van der Waals surface area contributed by atoms with E-state index in [-0.39, 0.29) is 5.82 Å². The fourth-order valence-electron chi connectivity index (χ4n) is 2.60. The Morgan fingerprint density at radius 1 is 1.29 bits per heavy atom. The average Bonchev–Trinajstić information content (AvgIpc) is 2.71. The molecule has 0 atom stereocenters. The number of rotatable bonds is 7. The molecule has 0 spiro atoms. The van der Waals surface area contributed by atoms with Gasteiger partial charge < -0.3 is 19.6 Å². The van der Waals surface area contributed by atoms with E-state index >= 15 is 0 Å². The van der Waals surface area contributed by atoms with E-state index in [2.05, 4.69) is 25.9 Å². The van der Waals surface area contributed by atoms with Gasteiger partial charge in [0.2, 0.25) is 0 Å². The number of nitrogens with zero attached hydrogens (tertiary/aromatic N) is 2. The largest absolute Gasteiger partial charge is 0.493 e. The van der Waals surface area contributed by atoms with Crippen molar-refractivity contribution in [2.24, 2.45) is 0 Å². The molecule has 0 saturated heterocycles. The molecule has 0 unspecified atom stereocenters. The van der Waals surface area contributed by atoms with E-state index in [1.807, 2.05) is 12.1 Å². The summed E-state index contributed by atoms with van der Waals surface area (Å²) in [5, 5.41) is 21.0. The van der Waals surface area contributed by atoms with Gasteiger partial charge in [-0.3, -0.25) is 14.9 Å². The first kappa shape index (κ1) is 22.3. The molecule has 11 heteroatoms. The van der Waals surface area contributed by atoms with Crippen LogP contribution in [0.25, 0.3) is 12.2 Å². The van der Waals surface area contributed by atoms with Gasteiger partial charge in [0.1, 0.15) is 12.4 Å². The molecule has 0 aliphatic rings. The van der Waals surface area contributed by atoms with Crippen LogP contribution < -0.4 is 15.0 Å². The third-order valence-electron chi connectivity index (χ3n) is 4.06. The molecular weight excluding hydrogens is 494 g/mol. The van der Waals surface area contributed by atoms with Crippen LogP contribution in [0.4, 0.5) is 5.69 Å². The third-order valence-corrected chi connectivity index (χ3v) is 4.90. The number of hydrogen-bond acceptors (Lipinski definition) is 7. The van der Waals surface area contributed by atoms with E-state index in [9.17, 15) is 20.0 Å². The van der Waals surface area contributed by atoms with Crippen molar-refractivity contribution < 1.29 is 19.5 Å². The highest BCUT2D eigenvalue weighted by atomic mass is 79.9. The monoisotopic (exact) mass is 507 g/mol. The Balaban J connectivity index is 1.83. The maximum absolute atomic E-state index is 11.7. The van der Waals surface area contributed by atoms with E-state index < -0.39 is 22.0 Å². The van der Waals surface area contributed by atoms with Gasteiger partial charge >= 0.3 is 11.2 Å². The van der Waals surface area contributed by atoms with Crippen molar-refractivity contribution in [3.8, 4) is 17.4 Å². The average molecular weight is 509 g/mol. The second kappa shape index (κ2) is 9.63. The number of nitro groups is 1. The Hall–Kier alpha value is -3.37. The standard InChI is InChI=1S/C20H15BrClN3O6/c1-30-15-9-12(4-7-16-23-19(26)17(25(28)29)20(27)24-16)8-14(21)18(15)31-10-11-2-5-13(22)6-3-11/h2-9H,10H2,1H3,(H2,23,24,26,27). The van der Waals surface area contributed by atoms with Crippen molar-refractivity contribution in [3.63, 3.8) is 0 Å². The summed E-state index contributed by atoms with van der Waals surface area (Å²) >= 11 is 9.34. The summed E-state index contributed by atoms with van der Waals surface area (Å²) in [5.41, 5.74) is -0.482. The molecule has 0 bridgehead atoms. The summed E-state index contributed by atoms with van der Waals surface area (Å²) in [6.45, 7) is 0.300. The van der Waals surface area contributed by atoms with Gasteiger partial charge in [0, 0.05) is 5.02 Å². The van der Waals surface area contributed by atoms with E-state index in [4.69, 9.17) is 21.1 Å². The summed E-state index contributed by atoms with van der Waals surface area (Å²) in [5.74, 6) is -0.0607. The zero-order valence-corrected chi connectivity index (χ0v) is 18.3. The van der Waals surface area contributed by atoms with Gasteiger partial charge in [0.15, 0.2) is 11.5 Å². The highest BCUT2D eigenvalue weighted by Crippen LogP contribution is 2.37. The molecule has 0 radical (unpaired) electrons. The molecule has 9 nitrogen and oxygen atoms in total. The van der Waals surface area contributed by atoms with Crippen LogP contribution in [-0.4, -0.2) is 27.1 Å². The Kier molecular flexibility index (Phi) is 6.93. The quantitative estimate of drug-likeness (QED) is 0.354. The van der Waals surface area contributed by atoms with Crippen LogP contribution in [0.2, 0.25) is 5.02 Å². The van der Waals surface area contributed by atoms with Gasteiger partial charge in [-0.2, -0.15) is 4.98 Å². The zero-order chi connectivity index (χ0) is 22.5. The number of H-pyrrole nitrogens is 1. The first-order chi connectivity index (χ1) is 14.8. The van der Waals surface area contributed by atoms with Crippen molar-refractivity contribution in [1.82, 2.24) is 9.97 Å². The number of nitrogens with one attached hydrogen (secondary N) is 1. The summed E-state index contributed by atoms with van der Waals surface area (Å²) in [6.07, 6.45) is 2.97. The summed E-state index contributed by atoms with van der Waals surface area (Å²) in [6, 6.07) is 10.7. The number of methoxy groups -OCH3 is 1. The summed E-state index contributed by atoms with van der Waals surface area (Å²) < 4.78 is 11.9. The number of ether oxygens (including phenoxy) is 2. The number of halogens is 2. The van der Waals surface area contributed by atoms with Gasteiger partial charge in [0.05, 0.1) is 16.5 Å². The maximum atomic E-state index is 11.7. The van der Waals surface area contributed by atoms with Crippen LogP contribution >= 0.6 is 27.5 Å². The van der Waals surface area contributed by atoms with E-state index in [0.717, 1.165) is 5.56 Å². The lowest BCUT2D eigenvalue weighted by Crippen LogP contribution is -2.14. The third kappa shape index (κ3) is 5.41. The van der Waals surface area contributed by atoms with E-state index in [1.165, 1.54) is 13.2 Å². The van der Waals surface area contributed by atoms with Crippen molar-refractivity contribution >= 4 is 45.4 Å². The van der Waals surface area contributed by atoms with E-state index in [1.54, 1.807) is 30.3 Å². The second-order valence-electron chi connectivity index (χ2n) is 6.16. The van der Waals surface area contributed by atoms with Crippen LogP contribution in [0.3, 0.4) is 0 Å². The minimum Gasteiger partial charge on any atom is -0.493 e. The Morgan fingerprint density at radius 2 is 2.00 bits per heavy atom. The molecule has 0 fully saturated rings. The number of aromatic nitrogens is 2. The molecule has 0 aliphatic heterocycles. The molecule has 1 heterocycles.